The van der Waals surface area contributed by atoms with Crippen LogP contribution in [0.15, 0.2) is 0 Å². The maximum Gasteiger partial charge on any atom is 0.317 e. The molecule has 0 rings (SSSR count). The van der Waals surface area contributed by atoms with E-state index in [-0.39, 0.29) is 13.1 Å². The highest BCUT2D eigenvalue weighted by molar-refractivity contribution is 5.72. The normalized spacial score (nSPS) is 8.67. The van der Waals surface area contributed by atoms with Crippen molar-refractivity contribution < 1.29 is 19.8 Å². The standard InChI is InChI=1S/C5H9NO4.C2H6/c1-6(2-4(7)8)3-5(9)10;1-2/h2-3H2,1H3,(H,7,8)(H,9,10);1-2H3. The summed E-state index contributed by atoms with van der Waals surface area (Å²) in [5.74, 6) is -2.05. The first-order valence-electron chi connectivity index (χ1n) is 3.64. The van der Waals surface area contributed by atoms with E-state index in [1.165, 1.54) is 11.9 Å². The van der Waals surface area contributed by atoms with Crippen LogP contribution >= 0.6 is 0 Å². The van der Waals surface area contributed by atoms with Crippen molar-refractivity contribution in [3.8, 4) is 0 Å². The molecule has 0 spiro atoms. The molecule has 0 aromatic rings. The lowest BCUT2D eigenvalue weighted by atomic mass is 10.5. The molecule has 0 saturated carbocycles. The molecule has 0 radical (unpaired) electrons. The summed E-state index contributed by atoms with van der Waals surface area (Å²) < 4.78 is 0. The Hall–Kier alpha value is -1.10. The second-order valence-electron chi connectivity index (χ2n) is 1.96. The molecule has 0 heterocycles. The quantitative estimate of drug-likeness (QED) is 0.637. The number of nitrogens with zero attached hydrogens (tertiary/aromatic N) is 1. The van der Waals surface area contributed by atoms with Gasteiger partial charge in [-0.3, -0.25) is 14.5 Å². The van der Waals surface area contributed by atoms with E-state index in [2.05, 4.69) is 0 Å². The average molecular weight is 177 g/mol. The van der Waals surface area contributed by atoms with Gasteiger partial charge in [-0.15, -0.1) is 0 Å². The van der Waals surface area contributed by atoms with Gasteiger partial charge in [-0.2, -0.15) is 0 Å². The van der Waals surface area contributed by atoms with Crippen LogP contribution in [0.2, 0.25) is 0 Å². The van der Waals surface area contributed by atoms with Gasteiger partial charge in [0.05, 0.1) is 13.1 Å². The minimum Gasteiger partial charge on any atom is -0.480 e. The van der Waals surface area contributed by atoms with Gasteiger partial charge in [-0.05, 0) is 7.05 Å². The maximum absolute atomic E-state index is 9.96. The van der Waals surface area contributed by atoms with Gasteiger partial charge in [0.1, 0.15) is 0 Å². The van der Waals surface area contributed by atoms with E-state index in [1.807, 2.05) is 13.8 Å². The molecule has 0 fully saturated rings. The van der Waals surface area contributed by atoms with E-state index in [0.29, 0.717) is 0 Å². The van der Waals surface area contributed by atoms with Crippen LogP contribution in [0.4, 0.5) is 0 Å². The van der Waals surface area contributed by atoms with Gasteiger partial charge in [0.2, 0.25) is 0 Å². The average Bonchev–Trinajstić information content (AvgIpc) is 1.87. The molecule has 0 amide bonds. The Kier molecular flexibility index (Phi) is 8.99. The van der Waals surface area contributed by atoms with E-state index in [9.17, 15) is 9.59 Å². The molecule has 0 aromatic heterocycles. The first-order valence-corrected chi connectivity index (χ1v) is 3.64. The third kappa shape index (κ3) is 11.7. The molecule has 0 bridgehead atoms. The number of likely N-dealkylation sites (N-methyl/N-ethyl adjacent to an activating group) is 1. The van der Waals surface area contributed by atoms with Gasteiger partial charge in [0, 0.05) is 0 Å². The molecule has 72 valence electrons. The predicted molar refractivity (Wildman–Crippen MR) is 44.1 cm³/mol. The van der Waals surface area contributed by atoms with Gasteiger partial charge in [0.15, 0.2) is 0 Å². The SMILES string of the molecule is CC.CN(CC(=O)O)CC(=O)O. The van der Waals surface area contributed by atoms with Crippen LogP contribution in [0.3, 0.4) is 0 Å². The van der Waals surface area contributed by atoms with Gasteiger partial charge < -0.3 is 10.2 Å². The van der Waals surface area contributed by atoms with Crippen molar-refractivity contribution >= 4 is 11.9 Å². The Morgan fingerprint density at radius 3 is 1.50 bits per heavy atom. The molecule has 0 unspecified atom stereocenters. The minimum atomic E-state index is -1.02. The van der Waals surface area contributed by atoms with Gasteiger partial charge in [-0.25, -0.2) is 0 Å². The predicted octanol–water partition coefficient (Wildman–Crippen LogP) is 0.114. The molecule has 12 heavy (non-hydrogen) atoms. The van der Waals surface area contributed by atoms with Crippen LogP contribution in [0.1, 0.15) is 13.8 Å². The Labute approximate surface area is 71.6 Å². The number of hydrogen-bond acceptors (Lipinski definition) is 3. The molecular weight excluding hydrogens is 162 g/mol. The summed E-state index contributed by atoms with van der Waals surface area (Å²) in [5.41, 5.74) is 0. The fraction of sp³-hybridized carbons (Fsp3) is 0.714. The van der Waals surface area contributed by atoms with Crippen molar-refractivity contribution in [3.63, 3.8) is 0 Å². The van der Waals surface area contributed by atoms with Gasteiger partial charge in [-0.1, -0.05) is 13.8 Å². The number of rotatable bonds is 4. The van der Waals surface area contributed by atoms with E-state index >= 15 is 0 Å². The molecule has 0 atom stereocenters. The zero-order valence-electron chi connectivity index (χ0n) is 7.57. The summed E-state index contributed by atoms with van der Waals surface area (Å²) >= 11 is 0. The Bertz CT molecular complexity index is 130. The third-order valence-corrected chi connectivity index (χ3v) is 0.810. The number of carboxylic acids is 2. The smallest absolute Gasteiger partial charge is 0.317 e. The third-order valence-electron chi connectivity index (χ3n) is 0.810. The van der Waals surface area contributed by atoms with Gasteiger partial charge in [0.25, 0.3) is 0 Å². The zero-order chi connectivity index (χ0) is 10.1. The molecule has 5 heteroatoms. The molecule has 0 aromatic carbocycles. The summed E-state index contributed by atoms with van der Waals surface area (Å²) in [5, 5.41) is 16.3. The number of carboxylic acid groups (broad SMARTS) is 2. The van der Waals surface area contributed by atoms with E-state index in [1.54, 1.807) is 0 Å². The lowest BCUT2D eigenvalue weighted by Gasteiger charge is -2.08. The topological polar surface area (TPSA) is 77.8 Å². The van der Waals surface area contributed by atoms with Crippen LogP contribution < -0.4 is 0 Å². The van der Waals surface area contributed by atoms with Crippen molar-refractivity contribution in [2.24, 2.45) is 0 Å². The molecule has 5 nitrogen and oxygen atoms in total. The fourth-order valence-electron chi connectivity index (χ4n) is 0.518. The van der Waals surface area contributed by atoms with Crippen molar-refractivity contribution in [1.29, 1.82) is 0 Å². The second kappa shape index (κ2) is 8.00. The number of carbonyl (C=O) groups is 2. The van der Waals surface area contributed by atoms with Crippen LogP contribution in [0.5, 0.6) is 0 Å². The van der Waals surface area contributed by atoms with E-state index in [0.717, 1.165) is 0 Å². The summed E-state index contributed by atoms with van der Waals surface area (Å²) in [4.78, 5) is 21.1. The molecular formula is C7H15NO4. The van der Waals surface area contributed by atoms with Crippen molar-refractivity contribution in [1.82, 2.24) is 4.90 Å². The highest BCUT2D eigenvalue weighted by Crippen LogP contribution is 1.80. The largest absolute Gasteiger partial charge is 0.480 e. The van der Waals surface area contributed by atoms with E-state index in [4.69, 9.17) is 10.2 Å². The Morgan fingerprint density at radius 2 is 1.33 bits per heavy atom. The van der Waals surface area contributed by atoms with Crippen LogP contribution in [-0.4, -0.2) is 47.2 Å². The van der Waals surface area contributed by atoms with Crippen LogP contribution in [0.25, 0.3) is 0 Å². The molecule has 0 aliphatic heterocycles. The fourth-order valence-corrected chi connectivity index (χ4v) is 0.518. The molecule has 0 aliphatic rings. The van der Waals surface area contributed by atoms with Crippen LogP contribution in [-0.2, 0) is 9.59 Å². The summed E-state index contributed by atoms with van der Waals surface area (Å²) in [6.07, 6.45) is 0. The lowest BCUT2D eigenvalue weighted by molar-refractivity contribution is -0.141. The Morgan fingerprint density at radius 1 is 1.08 bits per heavy atom. The molecule has 0 aliphatic carbocycles. The second-order valence-corrected chi connectivity index (χ2v) is 1.96. The summed E-state index contributed by atoms with van der Waals surface area (Å²) in [6.45, 7) is 3.51. The highest BCUT2D eigenvalue weighted by atomic mass is 16.4. The summed E-state index contributed by atoms with van der Waals surface area (Å²) in [6, 6.07) is 0. The highest BCUT2D eigenvalue weighted by Gasteiger charge is 2.06. The lowest BCUT2D eigenvalue weighted by Crippen LogP contribution is -2.30. The zero-order valence-corrected chi connectivity index (χ0v) is 7.57. The molecule has 0 saturated heterocycles. The van der Waals surface area contributed by atoms with Crippen molar-refractivity contribution in [2.45, 2.75) is 13.8 Å². The monoisotopic (exact) mass is 177 g/mol. The molecule has 2 N–H and O–H groups in total. The first kappa shape index (κ1) is 13.5. The number of aliphatic carboxylic acids is 2. The minimum absolute atomic E-state index is 0.244. The Balaban J connectivity index is 0. The number of hydrogen-bond donors (Lipinski definition) is 2. The summed E-state index contributed by atoms with van der Waals surface area (Å²) in [7, 11) is 1.43. The van der Waals surface area contributed by atoms with Crippen molar-refractivity contribution in [2.75, 3.05) is 20.1 Å². The maximum atomic E-state index is 9.96. The van der Waals surface area contributed by atoms with Gasteiger partial charge >= 0.3 is 11.9 Å². The van der Waals surface area contributed by atoms with Crippen LogP contribution in [0, 0.1) is 0 Å². The first-order chi connectivity index (χ1) is 5.52. The van der Waals surface area contributed by atoms with E-state index < -0.39 is 11.9 Å². The van der Waals surface area contributed by atoms with Crippen molar-refractivity contribution in [3.05, 3.63) is 0 Å².